The van der Waals surface area contributed by atoms with Crippen molar-refractivity contribution in [3.8, 4) is 0 Å². The molecular weight excluding hydrogens is 380 g/mol. The molecule has 2 rings (SSSR count). The molecule has 0 bridgehead atoms. The second kappa shape index (κ2) is 7.12. The van der Waals surface area contributed by atoms with Crippen LogP contribution in [-0.4, -0.2) is 58.2 Å². The number of likely N-dealkylation sites (N-methyl/N-ethyl adjacent to an activating group) is 1. The summed E-state index contributed by atoms with van der Waals surface area (Å²) in [7, 11) is 1.42. The van der Waals surface area contributed by atoms with E-state index in [4.69, 9.17) is 5.11 Å². The zero-order chi connectivity index (χ0) is 18.0. The molecule has 1 heterocycles. The first-order chi connectivity index (χ1) is 11.2. The molecule has 1 aromatic rings. The van der Waals surface area contributed by atoms with Crippen molar-refractivity contribution in [3.05, 3.63) is 33.8 Å². The summed E-state index contributed by atoms with van der Waals surface area (Å²) in [5, 5.41) is 8.90. The zero-order valence-electron chi connectivity index (χ0n) is 13.3. The molecule has 3 amide bonds. The smallest absolute Gasteiger partial charge is 0.326 e. The fraction of sp³-hybridized carbons (Fsp3) is 0.375. The summed E-state index contributed by atoms with van der Waals surface area (Å²) in [5.41, 5.74) is 0.698. The number of imide groups is 1. The molecule has 1 aliphatic rings. The highest BCUT2D eigenvalue weighted by Gasteiger charge is 2.35. The average Bonchev–Trinajstić information content (AvgIpc) is 2.77. The third-order valence-corrected chi connectivity index (χ3v) is 4.53. The van der Waals surface area contributed by atoms with Crippen molar-refractivity contribution >= 4 is 39.6 Å². The number of carboxylic acid groups (broad SMARTS) is 1. The first-order valence-electron chi connectivity index (χ1n) is 7.38. The van der Waals surface area contributed by atoms with Crippen LogP contribution in [0.3, 0.4) is 0 Å². The fourth-order valence-corrected chi connectivity index (χ4v) is 2.77. The number of nitrogens with zero attached hydrogens (tertiary/aromatic N) is 2. The van der Waals surface area contributed by atoms with E-state index < -0.39 is 12.0 Å². The minimum absolute atomic E-state index is 0.0607. The molecule has 24 heavy (non-hydrogen) atoms. The number of aliphatic carboxylic acids is 1. The van der Waals surface area contributed by atoms with E-state index >= 15 is 0 Å². The minimum Gasteiger partial charge on any atom is -0.480 e. The van der Waals surface area contributed by atoms with Crippen LogP contribution in [0.15, 0.2) is 22.7 Å². The van der Waals surface area contributed by atoms with Crippen molar-refractivity contribution < 1.29 is 24.3 Å². The molecule has 0 aliphatic carbocycles. The Bertz CT molecular complexity index is 718. The Morgan fingerprint density at radius 2 is 1.88 bits per heavy atom. The maximum atomic E-state index is 12.3. The van der Waals surface area contributed by atoms with Gasteiger partial charge in [0.05, 0.1) is 11.1 Å². The van der Waals surface area contributed by atoms with E-state index in [1.54, 1.807) is 18.2 Å². The van der Waals surface area contributed by atoms with E-state index in [0.29, 0.717) is 15.6 Å². The second-order valence-corrected chi connectivity index (χ2v) is 6.49. The number of carbonyl (C=O) groups is 4. The van der Waals surface area contributed by atoms with Gasteiger partial charge in [0.2, 0.25) is 5.91 Å². The van der Waals surface area contributed by atoms with Gasteiger partial charge in [0.1, 0.15) is 6.04 Å². The van der Waals surface area contributed by atoms with E-state index in [0.717, 1.165) is 9.80 Å². The lowest BCUT2D eigenvalue weighted by Gasteiger charge is -2.22. The van der Waals surface area contributed by atoms with Gasteiger partial charge in [0.25, 0.3) is 11.8 Å². The van der Waals surface area contributed by atoms with Crippen molar-refractivity contribution in [2.45, 2.75) is 25.8 Å². The van der Waals surface area contributed by atoms with Crippen LogP contribution in [0.1, 0.15) is 40.5 Å². The summed E-state index contributed by atoms with van der Waals surface area (Å²) in [4.78, 5) is 49.6. The zero-order valence-corrected chi connectivity index (χ0v) is 14.9. The molecule has 7 nitrogen and oxygen atoms in total. The van der Waals surface area contributed by atoms with Crippen molar-refractivity contribution in [2.75, 3.05) is 13.6 Å². The predicted molar refractivity (Wildman–Crippen MR) is 88.6 cm³/mol. The lowest BCUT2D eigenvalue weighted by atomic mass is 10.1. The highest BCUT2D eigenvalue weighted by molar-refractivity contribution is 9.10. The summed E-state index contributed by atoms with van der Waals surface area (Å²) in [6, 6.07) is 3.96. The summed E-state index contributed by atoms with van der Waals surface area (Å²) in [6.07, 6.45) is 0.341. The van der Waals surface area contributed by atoms with Crippen molar-refractivity contribution in [3.63, 3.8) is 0 Å². The number of amides is 3. The van der Waals surface area contributed by atoms with E-state index in [2.05, 4.69) is 15.9 Å². The number of carbonyl (C=O) groups excluding carboxylic acids is 3. The van der Waals surface area contributed by atoms with Gasteiger partial charge >= 0.3 is 5.97 Å². The van der Waals surface area contributed by atoms with Crippen LogP contribution in [0, 0.1) is 0 Å². The normalized spacial score (nSPS) is 14.5. The number of benzene rings is 1. The number of hydrogen-bond acceptors (Lipinski definition) is 4. The van der Waals surface area contributed by atoms with E-state index in [1.165, 1.54) is 14.0 Å². The maximum Gasteiger partial charge on any atom is 0.326 e. The Balaban J connectivity index is 1.94. The number of rotatable bonds is 6. The van der Waals surface area contributed by atoms with Gasteiger partial charge in [-0.1, -0.05) is 15.9 Å². The van der Waals surface area contributed by atoms with Gasteiger partial charge in [0, 0.05) is 24.5 Å². The van der Waals surface area contributed by atoms with Crippen LogP contribution in [0.2, 0.25) is 0 Å². The number of halogens is 1. The summed E-state index contributed by atoms with van der Waals surface area (Å²) >= 11 is 3.26. The highest BCUT2D eigenvalue weighted by atomic mass is 79.9. The predicted octanol–water partition coefficient (Wildman–Crippen LogP) is 1.76. The standard InChI is InChI=1S/C16H17BrN2O5/c1-9(16(23)24)18(2)13(20)4-3-7-19-14(21)11-6-5-10(17)8-12(11)15(19)22/h5-6,8-9H,3-4,7H2,1-2H3,(H,23,24). The van der Waals surface area contributed by atoms with Gasteiger partial charge in [-0.25, -0.2) is 4.79 Å². The van der Waals surface area contributed by atoms with Crippen LogP contribution < -0.4 is 0 Å². The van der Waals surface area contributed by atoms with Gasteiger partial charge in [-0.05, 0) is 31.5 Å². The average molecular weight is 397 g/mol. The Morgan fingerprint density at radius 1 is 1.25 bits per heavy atom. The van der Waals surface area contributed by atoms with Gasteiger partial charge in [-0.2, -0.15) is 0 Å². The molecule has 0 radical (unpaired) electrons. The summed E-state index contributed by atoms with van der Waals surface area (Å²) in [6.45, 7) is 1.53. The molecule has 1 aliphatic heterocycles. The lowest BCUT2D eigenvalue weighted by Crippen LogP contribution is -2.40. The minimum atomic E-state index is -1.09. The van der Waals surface area contributed by atoms with Gasteiger partial charge in [-0.3, -0.25) is 19.3 Å². The number of carboxylic acids is 1. The number of fused-ring (bicyclic) bond motifs is 1. The Morgan fingerprint density at radius 3 is 2.50 bits per heavy atom. The molecule has 1 N–H and O–H groups in total. The summed E-state index contributed by atoms with van der Waals surface area (Å²) in [5.74, 6) is -2.18. The third-order valence-electron chi connectivity index (χ3n) is 4.04. The monoisotopic (exact) mass is 396 g/mol. The molecule has 0 saturated carbocycles. The van der Waals surface area contributed by atoms with Crippen LogP contribution in [0.5, 0.6) is 0 Å². The first kappa shape index (κ1) is 18.1. The first-order valence-corrected chi connectivity index (χ1v) is 8.17. The van der Waals surface area contributed by atoms with Crippen LogP contribution >= 0.6 is 15.9 Å². The Hall–Kier alpha value is -2.22. The molecule has 0 spiro atoms. The van der Waals surface area contributed by atoms with Gasteiger partial charge in [0.15, 0.2) is 0 Å². The Kier molecular flexibility index (Phi) is 5.38. The van der Waals surface area contributed by atoms with E-state index in [-0.39, 0.29) is 37.1 Å². The second-order valence-electron chi connectivity index (χ2n) is 5.57. The van der Waals surface area contributed by atoms with Crippen LogP contribution in [0.4, 0.5) is 0 Å². The molecular formula is C16H17BrN2O5. The van der Waals surface area contributed by atoms with Crippen LogP contribution in [0.25, 0.3) is 0 Å². The Labute approximate surface area is 147 Å². The molecule has 0 fully saturated rings. The molecule has 1 atom stereocenters. The topological polar surface area (TPSA) is 95.0 Å². The molecule has 8 heteroatoms. The molecule has 128 valence electrons. The van der Waals surface area contributed by atoms with E-state index in [9.17, 15) is 19.2 Å². The van der Waals surface area contributed by atoms with Crippen LogP contribution in [-0.2, 0) is 9.59 Å². The lowest BCUT2D eigenvalue weighted by molar-refractivity contribution is -0.148. The quantitative estimate of drug-likeness (QED) is 0.739. The SMILES string of the molecule is CC(C(=O)O)N(C)C(=O)CCCN1C(=O)c2ccc(Br)cc2C1=O. The van der Waals surface area contributed by atoms with Gasteiger partial charge < -0.3 is 10.0 Å². The highest BCUT2D eigenvalue weighted by Crippen LogP contribution is 2.26. The third kappa shape index (κ3) is 3.48. The van der Waals surface area contributed by atoms with Crippen molar-refractivity contribution in [2.24, 2.45) is 0 Å². The molecule has 1 unspecified atom stereocenters. The number of hydrogen-bond donors (Lipinski definition) is 1. The van der Waals surface area contributed by atoms with Gasteiger partial charge in [-0.15, -0.1) is 0 Å². The molecule has 1 aromatic carbocycles. The van der Waals surface area contributed by atoms with Crippen molar-refractivity contribution in [1.82, 2.24) is 9.80 Å². The van der Waals surface area contributed by atoms with Crippen molar-refractivity contribution in [1.29, 1.82) is 0 Å². The summed E-state index contributed by atoms with van der Waals surface area (Å²) < 4.78 is 0.712. The fourth-order valence-electron chi connectivity index (χ4n) is 2.41. The maximum absolute atomic E-state index is 12.3. The largest absolute Gasteiger partial charge is 0.480 e. The molecule has 0 saturated heterocycles. The molecule has 0 aromatic heterocycles. The van der Waals surface area contributed by atoms with E-state index in [1.807, 2.05) is 0 Å².